The van der Waals surface area contributed by atoms with Gasteiger partial charge >= 0.3 is 5.97 Å². The highest BCUT2D eigenvalue weighted by Gasteiger charge is 2.22. The van der Waals surface area contributed by atoms with Crippen molar-refractivity contribution in [3.05, 3.63) is 28.2 Å². The van der Waals surface area contributed by atoms with E-state index in [1.54, 1.807) is 0 Å². The molecule has 0 amide bonds. The molecule has 7 heteroatoms. The standard InChI is InChI=1S/C14H18BrNO4S/c15-12-7-6-11(14(17)18)8-13(12)21(19,20)16-9-10-4-2-1-3-5-10/h6-8,10,16H,1-5,9H2,(H,17,18). The van der Waals surface area contributed by atoms with Crippen LogP contribution in [0.4, 0.5) is 0 Å². The molecule has 2 rings (SSSR count). The van der Waals surface area contributed by atoms with Crippen LogP contribution in [0.2, 0.25) is 0 Å². The van der Waals surface area contributed by atoms with Crippen molar-refractivity contribution in [1.82, 2.24) is 4.72 Å². The number of hydrogen-bond acceptors (Lipinski definition) is 3. The van der Waals surface area contributed by atoms with Gasteiger partial charge in [0.2, 0.25) is 10.0 Å². The van der Waals surface area contributed by atoms with Crippen LogP contribution in [-0.2, 0) is 10.0 Å². The molecule has 0 unspecified atom stereocenters. The number of carbonyl (C=O) groups is 1. The maximum absolute atomic E-state index is 12.3. The van der Waals surface area contributed by atoms with E-state index in [-0.39, 0.29) is 10.5 Å². The fourth-order valence-electron chi connectivity index (χ4n) is 2.54. The van der Waals surface area contributed by atoms with Gasteiger partial charge in [-0.2, -0.15) is 0 Å². The molecule has 5 nitrogen and oxygen atoms in total. The average Bonchev–Trinajstić information content (AvgIpc) is 2.46. The molecular weight excluding hydrogens is 358 g/mol. The predicted molar refractivity (Wildman–Crippen MR) is 82.9 cm³/mol. The number of halogens is 1. The fourth-order valence-corrected chi connectivity index (χ4v) is 4.64. The van der Waals surface area contributed by atoms with Gasteiger partial charge < -0.3 is 5.11 Å². The molecule has 1 aromatic carbocycles. The zero-order chi connectivity index (χ0) is 15.5. The zero-order valence-corrected chi connectivity index (χ0v) is 13.9. The van der Waals surface area contributed by atoms with Gasteiger partial charge in [0.15, 0.2) is 0 Å². The summed E-state index contributed by atoms with van der Waals surface area (Å²) in [6.45, 7) is 0.409. The minimum absolute atomic E-state index is 0.0294. The third-order valence-corrected chi connectivity index (χ3v) is 6.17. The van der Waals surface area contributed by atoms with E-state index in [1.165, 1.54) is 24.6 Å². The van der Waals surface area contributed by atoms with Crippen LogP contribution in [0.25, 0.3) is 0 Å². The summed E-state index contributed by atoms with van der Waals surface area (Å²) in [6.07, 6.45) is 5.59. The molecular formula is C14H18BrNO4S. The topological polar surface area (TPSA) is 83.5 Å². The van der Waals surface area contributed by atoms with Gasteiger partial charge in [-0.05, 0) is 52.9 Å². The van der Waals surface area contributed by atoms with Crippen LogP contribution < -0.4 is 4.72 Å². The second-order valence-corrected chi connectivity index (χ2v) is 7.90. The first-order valence-electron chi connectivity index (χ1n) is 6.92. The Morgan fingerprint density at radius 2 is 1.95 bits per heavy atom. The van der Waals surface area contributed by atoms with Crippen molar-refractivity contribution in [3.8, 4) is 0 Å². The van der Waals surface area contributed by atoms with Crippen LogP contribution in [0.15, 0.2) is 27.6 Å². The van der Waals surface area contributed by atoms with Gasteiger partial charge in [-0.25, -0.2) is 17.9 Å². The van der Waals surface area contributed by atoms with Crippen LogP contribution in [0.1, 0.15) is 42.5 Å². The molecule has 0 saturated heterocycles. The van der Waals surface area contributed by atoms with Crippen LogP contribution in [0.3, 0.4) is 0 Å². The lowest BCUT2D eigenvalue weighted by atomic mass is 9.90. The van der Waals surface area contributed by atoms with Crippen molar-refractivity contribution in [2.24, 2.45) is 5.92 Å². The third-order valence-electron chi connectivity index (χ3n) is 3.75. The lowest BCUT2D eigenvalue weighted by Gasteiger charge is -2.21. The summed E-state index contributed by atoms with van der Waals surface area (Å²) >= 11 is 3.17. The Kier molecular flexibility index (Phi) is 5.40. The lowest BCUT2D eigenvalue weighted by molar-refractivity contribution is 0.0696. The van der Waals surface area contributed by atoms with Gasteiger partial charge in [-0.15, -0.1) is 0 Å². The van der Waals surface area contributed by atoms with E-state index < -0.39 is 16.0 Å². The van der Waals surface area contributed by atoms with E-state index in [1.807, 2.05) is 0 Å². The molecule has 1 aliphatic carbocycles. The van der Waals surface area contributed by atoms with E-state index in [0.717, 1.165) is 25.7 Å². The fraction of sp³-hybridized carbons (Fsp3) is 0.500. The van der Waals surface area contributed by atoms with Crippen molar-refractivity contribution in [2.75, 3.05) is 6.54 Å². The zero-order valence-electron chi connectivity index (χ0n) is 11.5. The molecule has 0 aliphatic heterocycles. The Hall–Kier alpha value is -0.920. The SMILES string of the molecule is O=C(O)c1ccc(Br)c(S(=O)(=O)NCC2CCCCC2)c1. The number of aromatic carboxylic acids is 1. The van der Waals surface area contributed by atoms with Crippen LogP contribution in [0.5, 0.6) is 0 Å². The Morgan fingerprint density at radius 3 is 2.57 bits per heavy atom. The highest BCUT2D eigenvalue weighted by Crippen LogP contribution is 2.25. The third kappa shape index (κ3) is 4.28. The molecule has 0 aromatic heterocycles. The van der Waals surface area contributed by atoms with Gasteiger partial charge in [-0.3, -0.25) is 0 Å². The van der Waals surface area contributed by atoms with Gasteiger partial charge in [-0.1, -0.05) is 19.3 Å². The molecule has 1 saturated carbocycles. The summed E-state index contributed by atoms with van der Waals surface area (Å²) in [5.41, 5.74) is -0.0451. The lowest BCUT2D eigenvalue weighted by Crippen LogP contribution is -2.30. The summed E-state index contributed by atoms with van der Waals surface area (Å²) in [5, 5.41) is 8.97. The van der Waals surface area contributed by atoms with E-state index in [4.69, 9.17) is 5.11 Å². The Balaban J connectivity index is 2.14. The van der Waals surface area contributed by atoms with E-state index >= 15 is 0 Å². The molecule has 0 radical (unpaired) electrons. The Bertz CT molecular complexity index is 624. The molecule has 0 heterocycles. The first-order valence-corrected chi connectivity index (χ1v) is 9.20. The number of carboxylic acid groups (broad SMARTS) is 1. The van der Waals surface area contributed by atoms with Gasteiger partial charge in [0.1, 0.15) is 0 Å². The van der Waals surface area contributed by atoms with Crippen molar-refractivity contribution in [2.45, 2.75) is 37.0 Å². The van der Waals surface area contributed by atoms with Crippen molar-refractivity contribution in [3.63, 3.8) is 0 Å². The van der Waals surface area contributed by atoms with E-state index in [0.29, 0.717) is 16.9 Å². The van der Waals surface area contributed by atoms with Crippen molar-refractivity contribution >= 4 is 31.9 Å². The highest BCUT2D eigenvalue weighted by atomic mass is 79.9. The van der Waals surface area contributed by atoms with Crippen LogP contribution >= 0.6 is 15.9 Å². The summed E-state index contributed by atoms with van der Waals surface area (Å²) in [7, 11) is -3.71. The maximum Gasteiger partial charge on any atom is 0.335 e. The molecule has 2 N–H and O–H groups in total. The maximum atomic E-state index is 12.3. The smallest absolute Gasteiger partial charge is 0.335 e. The van der Waals surface area contributed by atoms with Crippen molar-refractivity contribution < 1.29 is 18.3 Å². The summed E-state index contributed by atoms with van der Waals surface area (Å²) < 4.78 is 27.6. The largest absolute Gasteiger partial charge is 0.478 e. The summed E-state index contributed by atoms with van der Waals surface area (Å²) in [6, 6.07) is 3.99. The van der Waals surface area contributed by atoms with Gasteiger partial charge in [0.05, 0.1) is 10.5 Å². The summed E-state index contributed by atoms with van der Waals surface area (Å²) in [5.74, 6) is -0.777. The number of rotatable bonds is 5. The molecule has 0 atom stereocenters. The Labute approximate surface area is 132 Å². The van der Waals surface area contributed by atoms with Crippen LogP contribution in [0, 0.1) is 5.92 Å². The average molecular weight is 376 g/mol. The molecule has 1 aliphatic rings. The number of hydrogen-bond donors (Lipinski definition) is 2. The molecule has 0 bridgehead atoms. The van der Waals surface area contributed by atoms with Crippen molar-refractivity contribution in [1.29, 1.82) is 0 Å². The summed E-state index contributed by atoms with van der Waals surface area (Å²) in [4.78, 5) is 10.9. The molecule has 1 fully saturated rings. The first kappa shape index (κ1) is 16.5. The highest BCUT2D eigenvalue weighted by molar-refractivity contribution is 9.10. The number of nitrogens with one attached hydrogen (secondary N) is 1. The second-order valence-electron chi connectivity index (χ2n) is 5.31. The van der Waals surface area contributed by atoms with E-state index in [9.17, 15) is 13.2 Å². The number of carboxylic acids is 1. The Morgan fingerprint density at radius 1 is 1.29 bits per heavy atom. The first-order chi connectivity index (χ1) is 9.90. The minimum atomic E-state index is -3.71. The number of benzene rings is 1. The van der Waals surface area contributed by atoms with Gasteiger partial charge in [0, 0.05) is 11.0 Å². The molecule has 0 spiro atoms. The molecule has 116 valence electrons. The molecule has 1 aromatic rings. The van der Waals surface area contributed by atoms with Crippen LogP contribution in [-0.4, -0.2) is 26.0 Å². The molecule has 21 heavy (non-hydrogen) atoms. The van der Waals surface area contributed by atoms with Gasteiger partial charge in [0.25, 0.3) is 0 Å². The number of sulfonamides is 1. The van der Waals surface area contributed by atoms with E-state index in [2.05, 4.69) is 20.7 Å². The quantitative estimate of drug-likeness (QED) is 0.828. The monoisotopic (exact) mass is 375 g/mol. The second kappa shape index (κ2) is 6.89. The normalized spacial score (nSPS) is 16.8. The minimum Gasteiger partial charge on any atom is -0.478 e. The predicted octanol–water partition coefficient (Wildman–Crippen LogP) is 3.01.